The molecular formula is C9H19NO3S. The van der Waals surface area contributed by atoms with Crippen LogP contribution < -0.4 is 5.73 Å². The molecule has 5 heteroatoms. The Bertz CT molecular complexity index is 255. The van der Waals surface area contributed by atoms with Crippen LogP contribution in [0.4, 0.5) is 0 Å². The fourth-order valence-corrected chi connectivity index (χ4v) is 3.46. The van der Waals surface area contributed by atoms with Gasteiger partial charge in [0.2, 0.25) is 0 Å². The number of hydrogen-bond donors (Lipinski definition) is 1. The molecular weight excluding hydrogens is 202 g/mol. The average Bonchev–Trinajstić information content (AvgIpc) is 2.02. The fraction of sp³-hybridized carbons (Fsp3) is 1.00. The topological polar surface area (TPSA) is 69.4 Å². The Hall–Kier alpha value is -0.130. The second-order valence-corrected chi connectivity index (χ2v) is 6.20. The number of nitrogens with two attached hydrogens (primary N) is 1. The van der Waals surface area contributed by atoms with Crippen LogP contribution in [0.3, 0.4) is 0 Å². The largest absolute Gasteiger partial charge is 0.377 e. The fourth-order valence-electron chi connectivity index (χ4n) is 1.69. The van der Waals surface area contributed by atoms with E-state index in [1.165, 1.54) is 0 Å². The zero-order chi connectivity index (χ0) is 10.6. The van der Waals surface area contributed by atoms with Crippen LogP contribution in [0.2, 0.25) is 0 Å². The predicted molar refractivity (Wildman–Crippen MR) is 55.9 cm³/mol. The van der Waals surface area contributed by atoms with Crippen molar-refractivity contribution >= 4 is 9.84 Å². The summed E-state index contributed by atoms with van der Waals surface area (Å²) < 4.78 is 28.5. The van der Waals surface area contributed by atoms with Crippen molar-refractivity contribution < 1.29 is 13.2 Å². The number of rotatable bonds is 4. The zero-order valence-electron chi connectivity index (χ0n) is 8.61. The van der Waals surface area contributed by atoms with Gasteiger partial charge in [-0.1, -0.05) is 0 Å². The predicted octanol–water partition coefficient (Wildman–Crippen LogP) is 0.317. The Morgan fingerprint density at radius 2 is 2.21 bits per heavy atom. The number of sulfone groups is 1. The van der Waals surface area contributed by atoms with Crippen LogP contribution in [0.15, 0.2) is 0 Å². The van der Waals surface area contributed by atoms with Crippen LogP contribution >= 0.6 is 0 Å². The summed E-state index contributed by atoms with van der Waals surface area (Å²) in [5.41, 5.74) is 5.46. The molecule has 0 saturated carbocycles. The monoisotopic (exact) mass is 221 g/mol. The molecule has 2 unspecified atom stereocenters. The summed E-state index contributed by atoms with van der Waals surface area (Å²) in [5, 5.41) is 0. The van der Waals surface area contributed by atoms with Crippen molar-refractivity contribution in [3.05, 3.63) is 0 Å². The first-order valence-corrected chi connectivity index (χ1v) is 6.89. The summed E-state index contributed by atoms with van der Waals surface area (Å²) in [6.45, 7) is 2.40. The standard InChI is InChI=1S/C9H19NO3S/c1-8(10)6-14(11,12)7-9-4-2-3-5-13-9/h8-9H,2-7,10H2,1H3. The highest BCUT2D eigenvalue weighted by Crippen LogP contribution is 2.14. The van der Waals surface area contributed by atoms with Gasteiger partial charge in [-0.2, -0.15) is 0 Å². The quantitative estimate of drug-likeness (QED) is 0.742. The highest BCUT2D eigenvalue weighted by molar-refractivity contribution is 7.91. The third-order valence-corrected chi connectivity index (χ3v) is 4.14. The first-order chi connectivity index (χ1) is 6.49. The highest BCUT2D eigenvalue weighted by atomic mass is 32.2. The minimum Gasteiger partial charge on any atom is -0.377 e. The van der Waals surface area contributed by atoms with Crippen molar-refractivity contribution in [1.29, 1.82) is 0 Å². The van der Waals surface area contributed by atoms with Gasteiger partial charge in [0.05, 0.1) is 17.6 Å². The van der Waals surface area contributed by atoms with Gasteiger partial charge in [-0.05, 0) is 26.2 Å². The van der Waals surface area contributed by atoms with E-state index in [-0.39, 0.29) is 23.7 Å². The van der Waals surface area contributed by atoms with Crippen molar-refractivity contribution in [3.8, 4) is 0 Å². The summed E-state index contributed by atoms with van der Waals surface area (Å²) in [6.07, 6.45) is 2.87. The molecule has 84 valence electrons. The molecule has 2 N–H and O–H groups in total. The minimum atomic E-state index is -3.03. The van der Waals surface area contributed by atoms with E-state index in [2.05, 4.69) is 0 Å². The molecule has 1 fully saturated rings. The lowest BCUT2D eigenvalue weighted by atomic mass is 10.1. The first kappa shape index (κ1) is 11.9. The average molecular weight is 221 g/mol. The van der Waals surface area contributed by atoms with Crippen molar-refractivity contribution in [2.24, 2.45) is 5.73 Å². The van der Waals surface area contributed by atoms with Gasteiger partial charge in [-0.15, -0.1) is 0 Å². The Balaban J connectivity index is 2.41. The minimum absolute atomic E-state index is 0.0624. The van der Waals surface area contributed by atoms with E-state index in [4.69, 9.17) is 10.5 Å². The molecule has 0 aromatic heterocycles. The normalized spacial score (nSPS) is 26.0. The molecule has 1 aliphatic rings. The summed E-state index contributed by atoms with van der Waals surface area (Å²) in [6, 6.07) is -0.288. The van der Waals surface area contributed by atoms with Gasteiger partial charge in [0, 0.05) is 12.6 Å². The Labute approximate surface area is 85.7 Å². The smallest absolute Gasteiger partial charge is 0.154 e. The van der Waals surface area contributed by atoms with Gasteiger partial charge in [-0.3, -0.25) is 0 Å². The SMILES string of the molecule is CC(N)CS(=O)(=O)CC1CCCCO1. The van der Waals surface area contributed by atoms with Crippen LogP contribution in [0.5, 0.6) is 0 Å². The summed E-state index contributed by atoms with van der Waals surface area (Å²) in [4.78, 5) is 0. The summed E-state index contributed by atoms with van der Waals surface area (Å²) in [7, 11) is -3.03. The second-order valence-electron chi connectivity index (χ2n) is 4.04. The zero-order valence-corrected chi connectivity index (χ0v) is 9.42. The number of hydrogen-bond acceptors (Lipinski definition) is 4. The Morgan fingerprint density at radius 1 is 1.50 bits per heavy atom. The Kier molecular flexibility index (Phi) is 4.34. The van der Waals surface area contributed by atoms with Gasteiger partial charge in [0.25, 0.3) is 0 Å². The molecule has 0 aromatic rings. The van der Waals surface area contributed by atoms with Crippen molar-refractivity contribution in [2.45, 2.75) is 38.3 Å². The lowest BCUT2D eigenvalue weighted by Gasteiger charge is -2.22. The Morgan fingerprint density at radius 3 is 2.71 bits per heavy atom. The third-order valence-electron chi connectivity index (χ3n) is 2.23. The lowest BCUT2D eigenvalue weighted by molar-refractivity contribution is 0.0305. The van der Waals surface area contributed by atoms with Gasteiger partial charge in [-0.25, -0.2) is 8.42 Å². The summed E-state index contributed by atoms with van der Waals surface area (Å²) in [5.74, 6) is 0.196. The molecule has 0 amide bonds. The molecule has 0 radical (unpaired) electrons. The van der Waals surface area contributed by atoms with Crippen LogP contribution in [0.25, 0.3) is 0 Å². The molecule has 0 aliphatic carbocycles. The van der Waals surface area contributed by atoms with E-state index < -0.39 is 9.84 Å². The lowest BCUT2D eigenvalue weighted by Crippen LogP contribution is -2.34. The molecule has 1 rings (SSSR count). The van der Waals surface area contributed by atoms with E-state index in [0.717, 1.165) is 19.3 Å². The third kappa shape index (κ3) is 4.39. The van der Waals surface area contributed by atoms with E-state index in [1.54, 1.807) is 6.92 Å². The van der Waals surface area contributed by atoms with Crippen molar-refractivity contribution in [1.82, 2.24) is 0 Å². The van der Waals surface area contributed by atoms with E-state index in [9.17, 15) is 8.42 Å². The van der Waals surface area contributed by atoms with E-state index >= 15 is 0 Å². The second kappa shape index (κ2) is 5.09. The molecule has 1 heterocycles. The maximum Gasteiger partial charge on any atom is 0.154 e. The molecule has 1 aliphatic heterocycles. The van der Waals surface area contributed by atoms with Gasteiger partial charge < -0.3 is 10.5 Å². The van der Waals surface area contributed by atoms with Gasteiger partial charge in [0.15, 0.2) is 9.84 Å². The van der Waals surface area contributed by atoms with Crippen LogP contribution in [0.1, 0.15) is 26.2 Å². The summed E-state index contributed by atoms with van der Waals surface area (Å²) >= 11 is 0. The molecule has 0 bridgehead atoms. The maximum atomic E-state index is 11.5. The molecule has 14 heavy (non-hydrogen) atoms. The highest BCUT2D eigenvalue weighted by Gasteiger charge is 2.22. The molecule has 2 atom stereocenters. The van der Waals surface area contributed by atoms with Gasteiger partial charge >= 0.3 is 0 Å². The maximum absolute atomic E-state index is 11.5. The van der Waals surface area contributed by atoms with Crippen molar-refractivity contribution in [3.63, 3.8) is 0 Å². The van der Waals surface area contributed by atoms with Crippen LogP contribution in [-0.4, -0.2) is 38.7 Å². The molecule has 4 nitrogen and oxygen atoms in total. The van der Waals surface area contributed by atoms with E-state index in [1.807, 2.05) is 0 Å². The molecule has 0 spiro atoms. The van der Waals surface area contributed by atoms with Crippen LogP contribution in [0, 0.1) is 0 Å². The van der Waals surface area contributed by atoms with Crippen molar-refractivity contribution in [2.75, 3.05) is 18.1 Å². The molecule has 1 saturated heterocycles. The van der Waals surface area contributed by atoms with E-state index in [0.29, 0.717) is 6.61 Å². The van der Waals surface area contributed by atoms with Crippen LogP contribution in [-0.2, 0) is 14.6 Å². The first-order valence-electron chi connectivity index (χ1n) is 5.07. The molecule has 0 aromatic carbocycles. The number of ether oxygens (including phenoxy) is 1. The van der Waals surface area contributed by atoms with Gasteiger partial charge in [0.1, 0.15) is 0 Å².